The van der Waals surface area contributed by atoms with Gasteiger partial charge in [-0.15, -0.1) is 0 Å². The highest BCUT2D eigenvalue weighted by molar-refractivity contribution is 9.10. The summed E-state index contributed by atoms with van der Waals surface area (Å²) in [7, 11) is 0. The molecule has 0 atom stereocenters. The molecular weight excluding hydrogens is 242 g/mol. The van der Waals surface area contributed by atoms with Crippen LogP contribution >= 0.6 is 15.9 Å². The van der Waals surface area contributed by atoms with E-state index in [1.807, 2.05) is 30.3 Å². The summed E-state index contributed by atoms with van der Waals surface area (Å²) in [6.45, 7) is 0. The molecule has 0 amide bonds. The second-order valence-corrected chi connectivity index (χ2v) is 3.70. The van der Waals surface area contributed by atoms with Crippen LogP contribution in [0.4, 0.5) is 0 Å². The monoisotopic (exact) mass is 247 g/mol. The first-order valence-electron chi connectivity index (χ1n) is 4.05. The predicted molar refractivity (Wildman–Crippen MR) is 56.6 cm³/mol. The van der Waals surface area contributed by atoms with Crippen LogP contribution in [-0.4, -0.2) is 0 Å². The molecule has 2 rings (SSSR count). The molecule has 1 aromatic carbocycles. The van der Waals surface area contributed by atoms with E-state index in [9.17, 15) is 0 Å². The van der Waals surface area contributed by atoms with Crippen molar-refractivity contribution in [2.45, 2.75) is 0 Å². The topological polar surface area (TPSA) is 36.9 Å². The lowest BCUT2D eigenvalue weighted by molar-refractivity contribution is 0.567. The Hall–Kier alpha value is -1.53. The summed E-state index contributed by atoms with van der Waals surface area (Å²) in [5, 5.41) is 8.59. The molecule has 0 radical (unpaired) electrons. The Labute approximate surface area is 89.9 Å². The highest BCUT2D eigenvalue weighted by Gasteiger charge is 2.03. The van der Waals surface area contributed by atoms with Gasteiger partial charge in [0, 0.05) is 10.0 Å². The third-order valence-corrected chi connectivity index (χ3v) is 2.37. The molecule has 3 heteroatoms. The minimum atomic E-state index is 0.336. The van der Waals surface area contributed by atoms with Gasteiger partial charge in [-0.05, 0) is 24.3 Å². The van der Waals surface area contributed by atoms with E-state index in [1.54, 1.807) is 12.1 Å². The Morgan fingerprint density at radius 2 is 1.79 bits per heavy atom. The highest BCUT2D eigenvalue weighted by Crippen LogP contribution is 2.23. The van der Waals surface area contributed by atoms with Crippen molar-refractivity contribution in [2.24, 2.45) is 0 Å². The number of nitriles is 1. The molecule has 14 heavy (non-hydrogen) atoms. The number of hydrogen-bond acceptors (Lipinski definition) is 2. The van der Waals surface area contributed by atoms with E-state index in [0.717, 1.165) is 10.0 Å². The fraction of sp³-hybridized carbons (Fsp3) is 0. The summed E-state index contributed by atoms with van der Waals surface area (Å²) < 4.78 is 6.30. The average Bonchev–Trinajstić information content (AvgIpc) is 2.67. The van der Waals surface area contributed by atoms with E-state index in [0.29, 0.717) is 11.5 Å². The molecular formula is C11H6BrNO. The van der Waals surface area contributed by atoms with E-state index in [4.69, 9.17) is 9.68 Å². The average molecular weight is 248 g/mol. The van der Waals surface area contributed by atoms with Crippen LogP contribution in [0.2, 0.25) is 0 Å². The minimum absolute atomic E-state index is 0.336. The maximum Gasteiger partial charge on any atom is 0.204 e. The Morgan fingerprint density at radius 1 is 1.07 bits per heavy atom. The van der Waals surface area contributed by atoms with Gasteiger partial charge in [-0.1, -0.05) is 28.1 Å². The third kappa shape index (κ3) is 1.70. The van der Waals surface area contributed by atoms with Crippen LogP contribution < -0.4 is 0 Å². The summed E-state index contributed by atoms with van der Waals surface area (Å²) in [5.41, 5.74) is 0.967. The quantitative estimate of drug-likeness (QED) is 0.773. The normalized spacial score (nSPS) is 9.71. The van der Waals surface area contributed by atoms with Gasteiger partial charge < -0.3 is 4.42 Å². The Kier molecular flexibility index (Phi) is 2.38. The zero-order valence-corrected chi connectivity index (χ0v) is 8.78. The number of hydrogen-bond donors (Lipinski definition) is 0. The molecule has 0 aliphatic rings. The Bertz CT molecular complexity index is 479. The van der Waals surface area contributed by atoms with Crippen molar-refractivity contribution in [2.75, 3.05) is 0 Å². The predicted octanol–water partition coefficient (Wildman–Crippen LogP) is 3.58. The molecule has 0 spiro atoms. The van der Waals surface area contributed by atoms with Crippen molar-refractivity contribution < 1.29 is 4.42 Å². The van der Waals surface area contributed by atoms with E-state index in [-0.39, 0.29) is 0 Å². The minimum Gasteiger partial charge on any atom is -0.446 e. The summed E-state index contributed by atoms with van der Waals surface area (Å²) in [6, 6.07) is 13.1. The van der Waals surface area contributed by atoms with Crippen LogP contribution in [0, 0.1) is 11.3 Å². The van der Waals surface area contributed by atoms with Gasteiger partial charge in [-0.2, -0.15) is 5.26 Å². The maximum absolute atomic E-state index is 8.59. The van der Waals surface area contributed by atoms with Gasteiger partial charge in [0.05, 0.1) is 0 Å². The van der Waals surface area contributed by atoms with Gasteiger partial charge in [0.1, 0.15) is 11.8 Å². The van der Waals surface area contributed by atoms with E-state index < -0.39 is 0 Å². The lowest BCUT2D eigenvalue weighted by Gasteiger charge is -1.95. The van der Waals surface area contributed by atoms with Gasteiger partial charge >= 0.3 is 0 Å². The Morgan fingerprint density at radius 3 is 2.36 bits per heavy atom. The van der Waals surface area contributed by atoms with Crippen molar-refractivity contribution in [1.82, 2.24) is 0 Å². The summed E-state index contributed by atoms with van der Waals surface area (Å²) in [6.07, 6.45) is 0. The molecule has 0 saturated carbocycles. The van der Waals surface area contributed by atoms with Crippen LogP contribution in [0.5, 0.6) is 0 Å². The van der Waals surface area contributed by atoms with Gasteiger partial charge in [-0.25, -0.2) is 0 Å². The van der Waals surface area contributed by atoms with Gasteiger partial charge in [0.2, 0.25) is 5.76 Å². The molecule has 0 saturated heterocycles. The first-order valence-corrected chi connectivity index (χ1v) is 4.85. The second-order valence-electron chi connectivity index (χ2n) is 2.78. The SMILES string of the molecule is N#Cc1ccc(-c2ccc(Br)cc2)o1. The molecule has 0 aliphatic carbocycles. The third-order valence-electron chi connectivity index (χ3n) is 1.84. The zero-order valence-electron chi connectivity index (χ0n) is 7.20. The first-order chi connectivity index (χ1) is 6.79. The van der Waals surface area contributed by atoms with Crippen molar-refractivity contribution in [3.05, 3.63) is 46.6 Å². The smallest absolute Gasteiger partial charge is 0.204 e. The van der Waals surface area contributed by atoms with Crippen molar-refractivity contribution in [3.63, 3.8) is 0 Å². The molecule has 0 unspecified atom stereocenters. The molecule has 0 aliphatic heterocycles. The van der Waals surface area contributed by atoms with Crippen LogP contribution in [0.1, 0.15) is 5.76 Å². The van der Waals surface area contributed by atoms with E-state index in [1.165, 1.54) is 0 Å². The molecule has 68 valence electrons. The van der Waals surface area contributed by atoms with E-state index >= 15 is 0 Å². The van der Waals surface area contributed by atoms with Crippen LogP contribution in [-0.2, 0) is 0 Å². The largest absolute Gasteiger partial charge is 0.446 e. The van der Waals surface area contributed by atoms with E-state index in [2.05, 4.69) is 15.9 Å². The fourth-order valence-electron chi connectivity index (χ4n) is 1.17. The Balaban J connectivity index is 2.40. The first kappa shape index (κ1) is 9.04. The number of halogens is 1. The van der Waals surface area contributed by atoms with Gasteiger partial charge in [0.15, 0.2) is 0 Å². The molecule has 0 bridgehead atoms. The van der Waals surface area contributed by atoms with Crippen molar-refractivity contribution in [3.8, 4) is 17.4 Å². The molecule has 1 heterocycles. The van der Waals surface area contributed by atoms with Crippen molar-refractivity contribution >= 4 is 15.9 Å². The number of furan rings is 1. The summed E-state index contributed by atoms with van der Waals surface area (Å²) >= 11 is 3.35. The van der Waals surface area contributed by atoms with Gasteiger partial charge in [-0.3, -0.25) is 0 Å². The second kappa shape index (κ2) is 3.69. The fourth-order valence-corrected chi connectivity index (χ4v) is 1.43. The highest BCUT2D eigenvalue weighted by atomic mass is 79.9. The van der Waals surface area contributed by atoms with Crippen LogP contribution in [0.15, 0.2) is 45.3 Å². The van der Waals surface area contributed by atoms with Gasteiger partial charge in [0.25, 0.3) is 0 Å². The molecule has 2 aromatic rings. The number of nitrogens with zero attached hydrogens (tertiary/aromatic N) is 1. The molecule has 1 aromatic heterocycles. The standard InChI is InChI=1S/C11H6BrNO/c12-9-3-1-8(2-4-9)11-6-5-10(7-13)14-11/h1-6H. The van der Waals surface area contributed by atoms with Crippen LogP contribution in [0.3, 0.4) is 0 Å². The molecule has 0 fully saturated rings. The lowest BCUT2D eigenvalue weighted by atomic mass is 10.2. The molecule has 0 N–H and O–H groups in total. The van der Waals surface area contributed by atoms with Crippen LogP contribution in [0.25, 0.3) is 11.3 Å². The number of benzene rings is 1. The summed E-state index contributed by atoms with van der Waals surface area (Å²) in [4.78, 5) is 0. The zero-order chi connectivity index (χ0) is 9.97. The lowest BCUT2D eigenvalue weighted by Crippen LogP contribution is -1.72. The maximum atomic E-state index is 8.59. The van der Waals surface area contributed by atoms with Crippen molar-refractivity contribution in [1.29, 1.82) is 5.26 Å². The molecule has 2 nitrogen and oxygen atoms in total. The number of rotatable bonds is 1. The summed E-state index contributed by atoms with van der Waals surface area (Å²) in [5.74, 6) is 1.05.